The summed E-state index contributed by atoms with van der Waals surface area (Å²) in [4.78, 5) is 17.2. The SMILES string of the molecule is COc1cc(NC(=O)c2ccccc2C)cc2sc(NS(=O)(=O)c3ccccc3)nc12. The lowest BCUT2D eigenvalue weighted by Crippen LogP contribution is -2.13. The molecule has 0 saturated carbocycles. The third-order valence-electron chi connectivity index (χ3n) is 4.60. The van der Waals surface area contributed by atoms with Gasteiger partial charge in [0.1, 0.15) is 11.3 Å². The van der Waals surface area contributed by atoms with E-state index in [0.717, 1.165) is 16.9 Å². The number of carbonyl (C=O) groups is 1. The number of sulfonamides is 1. The summed E-state index contributed by atoms with van der Waals surface area (Å²) in [6.45, 7) is 1.87. The van der Waals surface area contributed by atoms with E-state index in [4.69, 9.17) is 4.74 Å². The zero-order valence-electron chi connectivity index (χ0n) is 16.7. The molecule has 1 amide bonds. The zero-order chi connectivity index (χ0) is 22.0. The van der Waals surface area contributed by atoms with Gasteiger partial charge in [0.15, 0.2) is 5.13 Å². The van der Waals surface area contributed by atoms with Crippen molar-refractivity contribution in [2.24, 2.45) is 0 Å². The lowest BCUT2D eigenvalue weighted by molar-refractivity contribution is 0.102. The van der Waals surface area contributed by atoms with E-state index in [-0.39, 0.29) is 15.9 Å². The molecule has 0 atom stereocenters. The number of hydrogen-bond donors (Lipinski definition) is 2. The Morgan fingerprint density at radius 1 is 1.03 bits per heavy atom. The minimum Gasteiger partial charge on any atom is -0.494 e. The molecule has 31 heavy (non-hydrogen) atoms. The maximum absolute atomic E-state index is 12.7. The molecule has 1 aromatic heterocycles. The molecule has 0 bridgehead atoms. The topological polar surface area (TPSA) is 97.4 Å². The monoisotopic (exact) mass is 453 g/mol. The maximum Gasteiger partial charge on any atom is 0.263 e. The summed E-state index contributed by atoms with van der Waals surface area (Å²) in [6.07, 6.45) is 0. The number of rotatable bonds is 6. The van der Waals surface area contributed by atoms with Crippen LogP contribution >= 0.6 is 11.3 Å². The van der Waals surface area contributed by atoms with E-state index in [1.165, 1.54) is 19.2 Å². The first-order valence-corrected chi connectivity index (χ1v) is 11.6. The molecular weight excluding hydrogens is 434 g/mol. The van der Waals surface area contributed by atoms with E-state index in [2.05, 4.69) is 15.0 Å². The second-order valence-corrected chi connectivity index (χ2v) is 9.44. The molecular formula is C22H19N3O4S2. The van der Waals surface area contributed by atoms with Gasteiger partial charge in [-0.25, -0.2) is 13.4 Å². The Bertz CT molecular complexity index is 1370. The largest absolute Gasteiger partial charge is 0.494 e. The van der Waals surface area contributed by atoms with Crippen molar-refractivity contribution in [2.75, 3.05) is 17.1 Å². The molecule has 2 N–H and O–H groups in total. The Balaban J connectivity index is 1.65. The minimum atomic E-state index is -3.76. The molecule has 0 aliphatic heterocycles. The molecule has 3 aromatic carbocycles. The van der Waals surface area contributed by atoms with Crippen LogP contribution < -0.4 is 14.8 Å². The van der Waals surface area contributed by atoms with E-state index in [1.54, 1.807) is 42.5 Å². The summed E-state index contributed by atoms with van der Waals surface area (Å²) in [5, 5.41) is 3.08. The summed E-state index contributed by atoms with van der Waals surface area (Å²) in [7, 11) is -2.27. The highest BCUT2D eigenvalue weighted by atomic mass is 32.2. The predicted molar refractivity (Wildman–Crippen MR) is 123 cm³/mol. The fourth-order valence-electron chi connectivity index (χ4n) is 3.07. The summed E-state index contributed by atoms with van der Waals surface area (Å²) < 4.78 is 33.8. The average Bonchev–Trinajstić information content (AvgIpc) is 3.15. The molecule has 0 aliphatic rings. The number of methoxy groups -OCH3 is 1. The molecule has 0 saturated heterocycles. The maximum atomic E-state index is 12.7. The van der Waals surface area contributed by atoms with Crippen LogP contribution in [0, 0.1) is 6.92 Å². The van der Waals surface area contributed by atoms with Gasteiger partial charge in [0.2, 0.25) is 0 Å². The van der Waals surface area contributed by atoms with Gasteiger partial charge in [-0.2, -0.15) is 0 Å². The van der Waals surface area contributed by atoms with Gasteiger partial charge in [0.25, 0.3) is 15.9 Å². The molecule has 0 spiro atoms. The lowest BCUT2D eigenvalue weighted by atomic mass is 10.1. The van der Waals surface area contributed by atoms with Crippen molar-refractivity contribution in [2.45, 2.75) is 11.8 Å². The molecule has 4 aromatic rings. The van der Waals surface area contributed by atoms with E-state index in [9.17, 15) is 13.2 Å². The number of hydrogen-bond acceptors (Lipinski definition) is 6. The standard InChI is InChI=1S/C22H19N3O4S2/c1-14-8-6-7-11-17(14)21(26)23-15-12-18(29-2)20-19(13-15)30-22(24-20)25-31(27,28)16-9-4-3-5-10-16/h3-13H,1-2H3,(H,23,26)(H,24,25). The highest BCUT2D eigenvalue weighted by Crippen LogP contribution is 2.36. The summed E-state index contributed by atoms with van der Waals surface area (Å²) in [5.41, 5.74) is 2.47. The molecule has 4 rings (SSSR count). The quantitative estimate of drug-likeness (QED) is 0.442. The van der Waals surface area contributed by atoms with Crippen molar-refractivity contribution in [3.63, 3.8) is 0 Å². The third-order valence-corrected chi connectivity index (χ3v) is 7.00. The van der Waals surface area contributed by atoms with Crippen LogP contribution in [0.3, 0.4) is 0 Å². The van der Waals surface area contributed by atoms with E-state index in [1.807, 2.05) is 19.1 Å². The Morgan fingerprint density at radius 3 is 2.45 bits per heavy atom. The highest BCUT2D eigenvalue weighted by Gasteiger charge is 2.19. The summed E-state index contributed by atoms with van der Waals surface area (Å²) >= 11 is 1.16. The van der Waals surface area contributed by atoms with Crippen LogP contribution in [-0.2, 0) is 10.0 Å². The number of benzene rings is 3. The first-order chi connectivity index (χ1) is 14.9. The first-order valence-electron chi connectivity index (χ1n) is 9.31. The molecule has 0 fully saturated rings. The normalized spacial score (nSPS) is 11.3. The van der Waals surface area contributed by atoms with Crippen LogP contribution in [-0.4, -0.2) is 26.4 Å². The number of thiazole rings is 1. The van der Waals surface area contributed by atoms with Crippen molar-refractivity contribution in [3.05, 3.63) is 77.9 Å². The fourth-order valence-corrected chi connectivity index (χ4v) is 5.25. The van der Waals surface area contributed by atoms with Gasteiger partial charge < -0.3 is 10.1 Å². The minimum absolute atomic E-state index is 0.146. The first kappa shape index (κ1) is 20.8. The van der Waals surface area contributed by atoms with Gasteiger partial charge in [-0.1, -0.05) is 47.7 Å². The number of carbonyl (C=O) groups excluding carboxylic acids is 1. The van der Waals surface area contributed by atoms with E-state index >= 15 is 0 Å². The van der Waals surface area contributed by atoms with Crippen LogP contribution in [0.5, 0.6) is 5.75 Å². The van der Waals surface area contributed by atoms with Gasteiger partial charge in [-0.15, -0.1) is 0 Å². The number of ether oxygens (including phenoxy) is 1. The number of anilines is 2. The van der Waals surface area contributed by atoms with Crippen LogP contribution in [0.2, 0.25) is 0 Å². The van der Waals surface area contributed by atoms with E-state index < -0.39 is 10.0 Å². The van der Waals surface area contributed by atoms with Gasteiger partial charge >= 0.3 is 0 Å². The Labute approximate surface area is 183 Å². The van der Waals surface area contributed by atoms with Gasteiger partial charge in [0.05, 0.1) is 16.7 Å². The van der Waals surface area contributed by atoms with Gasteiger partial charge in [0, 0.05) is 17.3 Å². The third kappa shape index (κ3) is 4.37. The van der Waals surface area contributed by atoms with Crippen molar-refractivity contribution in [1.29, 1.82) is 0 Å². The zero-order valence-corrected chi connectivity index (χ0v) is 18.4. The second kappa shape index (κ2) is 8.37. The summed E-state index contributed by atoms with van der Waals surface area (Å²) in [5.74, 6) is 0.188. The van der Waals surface area contributed by atoms with Crippen molar-refractivity contribution in [1.82, 2.24) is 4.98 Å². The Morgan fingerprint density at radius 2 is 1.74 bits per heavy atom. The summed E-state index contributed by atoms with van der Waals surface area (Å²) in [6, 6.07) is 18.8. The van der Waals surface area contributed by atoms with Crippen LogP contribution in [0.15, 0.2) is 71.6 Å². The number of aromatic nitrogens is 1. The van der Waals surface area contributed by atoms with Crippen molar-refractivity contribution >= 4 is 48.3 Å². The van der Waals surface area contributed by atoms with Crippen LogP contribution in [0.25, 0.3) is 10.2 Å². The average molecular weight is 454 g/mol. The van der Waals surface area contributed by atoms with Crippen molar-refractivity contribution in [3.8, 4) is 5.75 Å². The molecule has 9 heteroatoms. The number of nitrogens with one attached hydrogen (secondary N) is 2. The molecule has 7 nitrogen and oxygen atoms in total. The predicted octanol–water partition coefficient (Wildman–Crippen LogP) is 4.67. The highest BCUT2D eigenvalue weighted by molar-refractivity contribution is 7.93. The number of nitrogens with zero attached hydrogens (tertiary/aromatic N) is 1. The number of amides is 1. The fraction of sp³-hybridized carbons (Fsp3) is 0.0909. The van der Waals surface area contributed by atoms with Crippen molar-refractivity contribution < 1.29 is 17.9 Å². The second-order valence-electron chi connectivity index (χ2n) is 6.73. The van der Waals surface area contributed by atoms with Crippen LogP contribution in [0.1, 0.15) is 15.9 Å². The molecule has 0 unspecified atom stereocenters. The molecule has 0 radical (unpaired) electrons. The Hall–Kier alpha value is -3.43. The molecule has 1 heterocycles. The van der Waals surface area contributed by atoms with E-state index in [0.29, 0.717) is 27.2 Å². The number of fused-ring (bicyclic) bond motifs is 1. The van der Waals surface area contributed by atoms with Gasteiger partial charge in [-0.3, -0.25) is 9.52 Å². The smallest absolute Gasteiger partial charge is 0.263 e. The lowest BCUT2D eigenvalue weighted by Gasteiger charge is -2.09. The van der Waals surface area contributed by atoms with Gasteiger partial charge in [-0.05, 0) is 36.8 Å². The molecule has 158 valence electrons. The van der Waals surface area contributed by atoms with Crippen LogP contribution in [0.4, 0.5) is 10.8 Å². The number of aryl methyl sites for hydroxylation is 1. The molecule has 0 aliphatic carbocycles. The Kier molecular flexibility index (Phi) is 5.62.